The molecular weight excluding hydrogens is 259 g/mol. The van der Waals surface area contributed by atoms with Gasteiger partial charge in [0.25, 0.3) is 0 Å². The second kappa shape index (κ2) is 5.09. The van der Waals surface area contributed by atoms with E-state index < -0.39 is 4.92 Å². The van der Waals surface area contributed by atoms with Crippen LogP contribution in [0.5, 0.6) is 0 Å². The quantitative estimate of drug-likeness (QED) is 0.398. The van der Waals surface area contributed by atoms with Crippen molar-refractivity contribution in [3.8, 4) is 0 Å². The van der Waals surface area contributed by atoms with E-state index in [9.17, 15) is 14.5 Å². The first-order valence-corrected chi connectivity index (χ1v) is 5.96. The van der Waals surface area contributed by atoms with Gasteiger partial charge in [0.2, 0.25) is 0 Å². The Balaban J connectivity index is 2.06. The van der Waals surface area contributed by atoms with Crippen molar-refractivity contribution in [2.45, 2.75) is 10.6 Å². The van der Waals surface area contributed by atoms with Crippen LogP contribution in [0.4, 0.5) is 16.0 Å². The van der Waals surface area contributed by atoms with Gasteiger partial charge in [-0.25, -0.2) is 4.39 Å². The van der Waals surface area contributed by atoms with Crippen molar-refractivity contribution in [2.24, 2.45) is 0 Å². The SMILES string of the molecule is Nc1ccc(F)cc1SCc1ccc([N+](=O)[O-])o1. The van der Waals surface area contributed by atoms with Gasteiger partial charge in [-0.1, -0.05) is 0 Å². The van der Waals surface area contributed by atoms with E-state index in [4.69, 9.17) is 10.2 Å². The van der Waals surface area contributed by atoms with E-state index in [1.54, 1.807) is 0 Å². The minimum absolute atomic E-state index is 0.308. The molecule has 0 aliphatic carbocycles. The standard InChI is InChI=1S/C11H9FN2O3S/c12-7-1-3-9(13)10(5-7)18-6-8-2-4-11(17-8)14(15)16/h1-5H,6,13H2. The average Bonchev–Trinajstić information content (AvgIpc) is 2.79. The number of rotatable bonds is 4. The Labute approximate surface area is 106 Å². The number of furan rings is 1. The fourth-order valence-corrected chi connectivity index (χ4v) is 2.21. The van der Waals surface area contributed by atoms with E-state index in [1.165, 1.54) is 42.1 Å². The summed E-state index contributed by atoms with van der Waals surface area (Å²) in [4.78, 5) is 10.4. The first kappa shape index (κ1) is 12.4. The first-order valence-electron chi connectivity index (χ1n) is 4.97. The molecule has 0 bridgehead atoms. The van der Waals surface area contributed by atoms with Crippen LogP contribution in [-0.2, 0) is 5.75 Å². The minimum atomic E-state index is -0.606. The minimum Gasteiger partial charge on any atom is -0.405 e. The van der Waals surface area contributed by atoms with E-state index in [0.717, 1.165) is 0 Å². The second-order valence-electron chi connectivity index (χ2n) is 3.47. The predicted molar refractivity (Wildman–Crippen MR) is 65.7 cm³/mol. The van der Waals surface area contributed by atoms with E-state index in [0.29, 0.717) is 22.1 Å². The molecule has 0 fully saturated rings. The normalized spacial score (nSPS) is 10.5. The molecule has 7 heteroatoms. The maximum absolute atomic E-state index is 13.0. The third-order valence-electron chi connectivity index (χ3n) is 2.17. The van der Waals surface area contributed by atoms with Crippen LogP contribution in [0.1, 0.15) is 5.76 Å². The van der Waals surface area contributed by atoms with Crippen LogP contribution < -0.4 is 5.73 Å². The third-order valence-corrected chi connectivity index (χ3v) is 3.27. The van der Waals surface area contributed by atoms with Gasteiger partial charge in [0.15, 0.2) is 0 Å². The van der Waals surface area contributed by atoms with Crippen molar-refractivity contribution >= 4 is 23.3 Å². The topological polar surface area (TPSA) is 82.3 Å². The van der Waals surface area contributed by atoms with Gasteiger partial charge >= 0.3 is 5.88 Å². The molecule has 5 nitrogen and oxygen atoms in total. The van der Waals surface area contributed by atoms with E-state index >= 15 is 0 Å². The molecule has 1 heterocycles. The molecule has 2 rings (SSSR count). The molecule has 0 radical (unpaired) electrons. The average molecular weight is 268 g/mol. The molecule has 1 aromatic carbocycles. The maximum Gasteiger partial charge on any atom is 0.433 e. The first-order chi connectivity index (χ1) is 8.56. The van der Waals surface area contributed by atoms with Gasteiger partial charge in [0.05, 0.1) is 11.8 Å². The number of nitro groups is 1. The Bertz CT molecular complexity index is 585. The lowest BCUT2D eigenvalue weighted by atomic mass is 10.3. The van der Waals surface area contributed by atoms with Crippen molar-refractivity contribution in [3.63, 3.8) is 0 Å². The number of hydrogen-bond acceptors (Lipinski definition) is 5. The number of anilines is 1. The number of nitrogen functional groups attached to an aromatic ring is 1. The number of halogens is 1. The summed E-state index contributed by atoms with van der Waals surface area (Å²) < 4.78 is 18.0. The van der Waals surface area contributed by atoms with Crippen LogP contribution >= 0.6 is 11.8 Å². The molecule has 0 unspecified atom stereocenters. The fourth-order valence-electron chi connectivity index (χ4n) is 1.32. The second-order valence-corrected chi connectivity index (χ2v) is 4.49. The highest BCUT2D eigenvalue weighted by Crippen LogP contribution is 2.30. The Kier molecular flexibility index (Phi) is 3.52. The monoisotopic (exact) mass is 268 g/mol. The molecule has 2 aromatic rings. The van der Waals surface area contributed by atoms with Gasteiger partial charge in [-0.15, -0.1) is 11.8 Å². The van der Waals surface area contributed by atoms with Crippen LogP contribution in [0.15, 0.2) is 39.6 Å². The lowest BCUT2D eigenvalue weighted by Gasteiger charge is -2.03. The van der Waals surface area contributed by atoms with Crippen LogP contribution in [0.25, 0.3) is 0 Å². The highest BCUT2D eigenvalue weighted by molar-refractivity contribution is 7.98. The van der Waals surface area contributed by atoms with Crippen molar-refractivity contribution in [3.05, 3.63) is 52.0 Å². The number of nitrogens with zero attached hydrogens (tertiary/aromatic N) is 1. The van der Waals surface area contributed by atoms with Crippen molar-refractivity contribution in [2.75, 3.05) is 5.73 Å². The number of benzene rings is 1. The van der Waals surface area contributed by atoms with Crippen molar-refractivity contribution < 1.29 is 13.7 Å². The maximum atomic E-state index is 13.0. The highest BCUT2D eigenvalue weighted by Gasteiger charge is 2.12. The van der Waals surface area contributed by atoms with Gasteiger partial charge in [-0.05, 0) is 24.3 Å². The molecule has 1 aromatic heterocycles. The fraction of sp³-hybridized carbons (Fsp3) is 0.0909. The number of hydrogen-bond donors (Lipinski definition) is 1. The van der Waals surface area contributed by atoms with E-state index in [1.807, 2.05) is 0 Å². The summed E-state index contributed by atoms with van der Waals surface area (Å²) >= 11 is 1.26. The molecule has 0 spiro atoms. The summed E-state index contributed by atoms with van der Waals surface area (Å²) in [5.41, 5.74) is 6.14. The summed E-state index contributed by atoms with van der Waals surface area (Å²) in [5, 5.41) is 10.4. The zero-order chi connectivity index (χ0) is 13.1. The van der Waals surface area contributed by atoms with Gasteiger partial charge in [0.1, 0.15) is 16.5 Å². The predicted octanol–water partition coefficient (Wildman–Crippen LogP) is 3.20. The van der Waals surface area contributed by atoms with E-state index in [2.05, 4.69) is 0 Å². The van der Waals surface area contributed by atoms with Crippen LogP contribution in [-0.4, -0.2) is 4.92 Å². The lowest BCUT2D eigenvalue weighted by Crippen LogP contribution is -1.89. The zero-order valence-corrected chi connectivity index (χ0v) is 9.95. The molecule has 18 heavy (non-hydrogen) atoms. The van der Waals surface area contributed by atoms with Gasteiger partial charge < -0.3 is 10.2 Å². The number of nitrogens with two attached hydrogens (primary N) is 1. The third kappa shape index (κ3) is 2.80. The van der Waals surface area contributed by atoms with Gasteiger partial charge in [-0.2, -0.15) is 0 Å². The van der Waals surface area contributed by atoms with E-state index in [-0.39, 0.29) is 11.7 Å². The molecule has 0 atom stereocenters. The molecule has 0 amide bonds. The summed E-state index contributed by atoms with van der Waals surface area (Å²) in [6.07, 6.45) is 0. The van der Waals surface area contributed by atoms with Crippen LogP contribution in [0.2, 0.25) is 0 Å². The molecule has 94 valence electrons. The molecular formula is C11H9FN2O3S. The summed E-state index contributed by atoms with van der Waals surface area (Å²) in [7, 11) is 0. The molecule has 0 saturated heterocycles. The number of thioether (sulfide) groups is 1. The molecule has 2 N–H and O–H groups in total. The smallest absolute Gasteiger partial charge is 0.405 e. The van der Waals surface area contributed by atoms with Crippen LogP contribution in [0, 0.1) is 15.9 Å². The Morgan fingerprint density at radius 1 is 1.39 bits per heavy atom. The van der Waals surface area contributed by atoms with Crippen molar-refractivity contribution in [1.82, 2.24) is 0 Å². The lowest BCUT2D eigenvalue weighted by molar-refractivity contribution is -0.402. The summed E-state index contributed by atoms with van der Waals surface area (Å²) in [6.45, 7) is 0. The Hall–Kier alpha value is -2.02. The molecule has 0 saturated carbocycles. The Morgan fingerprint density at radius 2 is 2.17 bits per heavy atom. The highest BCUT2D eigenvalue weighted by atomic mass is 32.2. The Morgan fingerprint density at radius 3 is 2.83 bits per heavy atom. The summed E-state index contributed by atoms with van der Waals surface area (Å²) in [6, 6.07) is 6.86. The van der Waals surface area contributed by atoms with Crippen LogP contribution in [0.3, 0.4) is 0 Å². The largest absolute Gasteiger partial charge is 0.433 e. The molecule has 0 aliphatic heterocycles. The molecule has 0 aliphatic rings. The zero-order valence-electron chi connectivity index (χ0n) is 9.13. The van der Waals surface area contributed by atoms with Gasteiger partial charge in [-0.3, -0.25) is 10.1 Å². The van der Waals surface area contributed by atoms with Crippen molar-refractivity contribution in [1.29, 1.82) is 0 Å². The van der Waals surface area contributed by atoms with Gasteiger partial charge in [0, 0.05) is 10.6 Å². The summed E-state index contributed by atoms with van der Waals surface area (Å²) in [5.74, 6) is 0.104.